The SMILES string of the molecule is CCOC(=O)c1ccc(N2CCCS/C2=N\N=C\c2ccc(-c3ncn(-c4ccc(OC(F)(F)F)cc4)n3)cc2)cc1. The minimum Gasteiger partial charge on any atom is -0.462 e. The first kappa shape index (κ1) is 28.9. The summed E-state index contributed by atoms with van der Waals surface area (Å²) in [7, 11) is 0. The van der Waals surface area contributed by atoms with Gasteiger partial charge >= 0.3 is 12.3 Å². The van der Waals surface area contributed by atoms with Crippen LogP contribution in [0.2, 0.25) is 0 Å². The van der Waals surface area contributed by atoms with E-state index in [1.807, 2.05) is 36.4 Å². The van der Waals surface area contributed by atoms with Crippen molar-refractivity contribution in [1.82, 2.24) is 14.8 Å². The van der Waals surface area contributed by atoms with Crippen molar-refractivity contribution >= 4 is 34.8 Å². The van der Waals surface area contributed by atoms with E-state index in [2.05, 4.69) is 29.9 Å². The van der Waals surface area contributed by atoms with Crippen LogP contribution in [0.25, 0.3) is 17.1 Å². The van der Waals surface area contributed by atoms with Gasteiger partial charge in [0.2, 0.25) is 0 Å². The van der Waals surface area contributed by atoms with Crippen molar-refractivity contribution in [2.75, 3.05) is 23.8 Å². The molecule has 2 heterocycles. The number of esters is 1. The molecule has 0 aliphatic carbocycles. The number of nitrogens with zero attached hydrogens (tertiary/aromatic N) is 6. The lowest BCUT2D eigenvalue weighted by molar-refractivity contribution is -0.274. The van der Waals surface area contributed by atoms with Gasteiger partial charge in [0, 0.05) is 23.5 Å². The van der Waals surface area contributed by atoms with Crippen LogP contribution in [0.5, 0.6) is 5.75 Å². The van der Waals surface area contributed by atoms with Crippen LogP contribution in [0.4, 0.5) is 18.9 Å². The number of thioether (sulfide) groups is 1. The summed E-state index contributed by atoms with van der Waals surface area (Å²) in [5, 5.41) is 13.9. The molecule has 4 aromatic rings. The molecule has 0 unspecified atom stereocenters. The number of carbonyl (C=O) groups is 1. The number of hydrogen-bond acceptors (Lipinski definition) is 8. The average molecular weight is 595 g/mol. The Morgan fingerprint density at radius 1 is 1.02 bits per heavy atom. The van der Waals surface area contributed by atoms with Gasteiger partial charge in [0.1, 0.15) is 12.1 Å². The van der Waals surface area contributed by atoms with Crippen molar-refractivity contribution in [3.05, 3.63) is 90.3 Å². The molecule has 42 heavy (non-hydrogen) atoms. The molecule has 3 aromatic carbocycles. The highest BCUT2D eigenvalue weighted by Crippen LogP contribution is 2.26. The number of amidine groups is 1. The molecule has 9 nitrogen and oxygen atoms in total. The van der Waals surface area contributed by atoms with Crippen LogP contribution in [0.15, 0.2) is 89.3 Å². The Labute approximate surface area is 243 Å². The Balaban J connectivity index is 1.23. The van der Waals surface area contributed by atoms with Gasteiger partial charge in [-0.05, 0) is 67.4 Å². The summed E-state index contributed by atoms with van der Waals surface area (Å²) >= 11 is 1.62. The van der Waals surface area contributed by atoms with E-state index in [1.165, 1.54) is 35.3 Å². The normalized spacial score (nSPS) is 14.9. The van der Waals surface area contributed by atoms with E-state index < -0.39 is 6.36 Å². The van der Waals surface area contributed by atoms with Crippen LogP contribution in [-0.2, 0) is 4.74 Å². The van der Waals surface area contributed by atoms with Gasteiger partial charge in [-0.25, -0.2) is 14.5 Å². The van der Waals surface area contributed by atoms with Crippen LogP contribution < -0.4 is 9.64 Å². The maximum Gasteiger partial charge on any atom is 0.573 e. The molecule has 216 valence electrons. The van der Waals surface area contributed by atoms with Gasteiger partial charge in [-0.2, -0.15) is 5.10 Å². The number of hydrogen-bond donors (Lipinski definition) is 0. The lowest BCUT2D eigenvalue weighted by Gasteiger charge is -2.28. The van der Waals surface area contributed by atoms with Crippen LogP contribution in [-0.4, -0.2) is 57.4 Å². The van der Waals surface area contributed by atoms with E-state index >= 15 is 0 Å². The zero-order chi connectivity index (χ0) is 29.5. The Kier molecular flexibility index (Phi) is 8.86. The second kappa shape index (κ2) is 12.9. The number of anilines is 1. The maximum atomic E-state index is 12.4. The molecule has 0 atom stereocenters. The Hall–Kier alpha value is -4.65. The molecule has 13 heteroatoms. The summed E-state index contributed by atoms with van der Waals surface area (Å²) in [5.74, 6) is 0.732. The van der Waals surface area contributed by atoms with Gasteiger partial charge < -0.3 is 14.4 Å². The number of ether oxygens (including phenoxy) is 2. The van der Waals surface area contributed by atoms with Crippen molar-refractivity contribution in [1.29, 1.82) is 0 Å². The van der Waals surface area contributed by atoms with Gasteiger partial charge in [-0.3, -0.25) is 0 Å². The summed E-state index contributed by atoms with van der Waals surface area (Å²) in [6, 6.07) is 20.0. The summed E-state index contributed by atoms with van der Waals surface area (Å²) in [6.45, 7) is 2.89. The monoisotopic (exact) mass is 594 g/mol. The standard InChI is InChI=1S/C29H25F3N6O3S/c1-2-40-27(39)22-8-10-23(11-9-22)37-16-3-17-42-28(37)35-34-18-20-4-6-21(7-5-20)26-33-19-38(36-26)24-12-14-25(15-13-24)41-29(30,31)32/h4-15,18-19H,2-3,16-17H2,1H3/b34-18+,35-28-. The number of carbonyl (C=O) groups excluding carboxylic acids is 1. The molecule has 1 aliphatic rings. The van der Waals surface area contributed by atoms with Crippen LogP contribution in [0.1, 0.15) is 29.3 Å². The molecule has 5 rings (SSSR count). The smallest absolute Gasteiger partial charge is 0.462 e. The van der Waals surface area contributed by atoms with E-state index in [9.17, 15) is 18.0 Å². The van der Waals surface area contributed by atoms with E-state index in [-0.39, 0.29) is 11.7 Å². The predicted molar refractivity (Wildman–Crippen MR) is 155 cm³/mol. The Morgan fingerprint density at radius 3 is 2.43 bits per heavy atom. The molecule has 0 N–H and O–H groups in total. The fraction of sp³-hybridized carbons (Fsp3) is 0.207. The lowest BCUT2D eigenvalue weighted by atomic mass is 10.1. The van der Waals surface area contributed by atoms with E-state index in [0.717, 1.165) is 40.7 Å². The first-order chi connectivity index (χ1) is 20.3. The highest BCUT2D eigenvalue weighted by Gasteiger charge is 2.31. The van der Waals surface area contributed by atoms with Gasteiger partial charge in [0.05, 0.1) is 24.1 Å². The van der Waals surface area contributed by atoms with Gasteiger partial charge in [0.25, 0.3) is 0 Å². The van der Waals surface area contributed by atoms with Gasteiger partial charge in [-0.15, -0.1) is 23.4 Å². The topological polar surface area (TPSA) is 94.2 Å². The molecule has 0 bridgehead atoms. The van der Waals surface area contributed by atoms with Crippen LogP contribution in [0, 0.1) is 0 Å². The first-order valence-corrected chi connectivity index (χ1v) is 13.9. The third-order valence-electron chi connectivity index (χ3n) is 6.02. The number of aromatic nitrogens is 3. The van der Waals surface area contributed by atoms with E-state index in [0.29, 0.717) is 23.7 Å². The van der Waals surface area contributed by atoms with Crippen molar-refractivity contribution < 1.29 is 27.4 Å². The third kappa shape index (κ3) is 7.35. The fourth-order valence-electron chi connectivity index (χ4n) is 4.06. The van der Waals surface area contributed by atoms with Gasteiger partial charge in [-0.1, -0.05) is 36.0 Å². The average Bonchev–Trinajstić information content (AvgIpc) is 3.48. The molecule has 1 aromatic heterocycles. The lowest BCUT2D eigenvalue weighted by Crippen LogP contribution is -2.33. The fourth-order valence-corrected chi connectivity index (χ4v) is 4.97. The highest BCUT2D eigenvalue weighted by molar-refractivity contribution is 8.14. The second-order valence-electron chi connectivity index (χ2n) is 8.92. The molecule has 1 saturated heterocycles. The maximum absolute atomic E-state index is 12.4. The minimum absolute atomic E-state index is 0.312. The summed E-state index contributed by atoms with van der Waals surface area (Å²) < 4.78 is 47.6. The van der Waals surface area contributed by atoms with Crippen LogP contribution >= 0.6 is 11.8 Å². The molecule has 0 radical (unpaired) electrons. The Morgan fingerprint density at radius 2 is 1.74 bits per heavy atom. The molecule has 0 amide bonds. The highest BCUT2D eigenvalue weighted by atomic mass is 32.2. The predicted octanol–water partition coefficient (Wildman–Crippen LogP) is 6.34. The van der Waals surface area contributed by atoms with Crippen molar-refractivity contribution in [3.63, 3.8) is 0 Å². The number of halogens is 3. The zero-order valence-electron chi connectivity index (χ0n) is 22.4. The molecule has 1 fully saturated rings. The number of rotatable bonds is 8. The first-order valence-electron chi connectivity index (χ1n) is 13.0. The van der Waals surface area contributed by atoms with E-state index in [4.69, 9.17) is 4.74 Å². The van der Waals surface area contributed by atoms with E-state index in [1.54, 1.807) is 37.0 Å². The zero-order valence-corrected chi connectivity index (χ0v) is 23.2. The summed E-state index contributed by atoms with van der Waals surface area (Å²) in [5.41, 5.74) is 3.55. The molecule has 0 saturated carbocycles. The third-order valence-corrected chi connectivity index (χ3v) is 7.08. The number of benzene rings is 3. The van der Waals surface area contributed by atoms with Gasteiger partial charge in [0.15, 0.2) is 11.0 Å². The van der Waals surface area contributed by atoms with Crippen LogP contribution in [0.3, 0.4) is 0 Å². The Bertz CT molecular complexity index is 1570. The molecular weight excluding hydrogens is 569 g/mol. The van der Waals surface area contributed by atoms with Crippen molar-refractivity contribution in [2.45, 2.75) is 19.7 Å². The molecule has 1 aliphatic heterocycles. The van der Waals surface area contributed by atoms with Crippen molar-refractivity contribution in [3.8, 4) is 22.8 Å². The molecule has 0 spiro atoms. The second-order valence-corrected chi connectivity index (χ2v) is 9.99. The quantitative estimate of drug-likeness (QED) is 0.133. The minimum atomic E-state index is -4.75. The summed E-state index contributed by atoms with van der Waals surface area (Å²) in [6.07, 6.45) is -0.611. The molecular formula is C29H25F3N6O3S. The summed E-state index contributed by atoms with van der Waals surface area (Å²) in [4.78, 5) is 18.3. The largest absolute Gasteiger partial charge is 0.573 e. The van der Waals surface area contributed by atoms with Crippen molar-refractivity contribution in [2.24, 2.45) is 10.2 Å². The number of alkyl halides is 3.